The third-order valence-corrected chi connectivity index (χ3v) is 5.90. The first-order valence-electron chi connectivity index (χ1n) is 8.78. The summed E-state index contributed by atoms with van der Waals surface area (Å²) in [6.07, 6.45) is 2.01. The summed E-state index contributed by atoms with van der Waals surface area (Å²) < 4.78 is 5.99. The Bertz CT molecular complexity index is 973. The molecule has 0 atom stereocenters. The largest absolute Gasteiger partial charge is 0.361 e. The normalized spacial score (nSPS) is 13.4. The number of halogens is 1. The average Bonchev–Trinajstić information content (AvgIpc) is 3.27. The van der Waals surface area contributed by atoms with Crippen LogP contribution in [0.4, 0.5) is 0 Å². The molecule has 0 spiro atoms. The molecule has 4 rings (SSSR count). The second-order valence-corrected chi connectivity index (χ2v) is 8.19. The van der Waals surface area contributed by atoms with Crippen LogP contribution in [0.2, 0.25) is 4.34 Å². The molecule has 3 aromatic rings. The number of amidine groups is 1. The van der Waals surface area contributed by atoms with Crippen LogP contribution in [0.15, 0.2) is 47.0 Å². The number of Topliss-reactive ketones (excluding diaryl/α,β-unsaturated/α-hetero) is 1. The van der Waals surface area contributed by atoms with Crippen molar-refractivity contribution in [3.05, 3.63) is 63.0 Å². The van der Waals surface area contributed by atoms with E-state index in [4.69, 9.17) is 21.5 Å². The number of rotatable bonds is 6. The maximum Gasteiger partial charge on any atom is 0.173 e. The van der Waals surface area contributed by atoms with Crippen LogP contribution in [0, 0.1) is 5.41 Å². The van der Waals surface area contributed by atoms with Gasteiger partial charge < -0.3 is 9.42 Å². The number of thiophene rings is 1. The summed E-state index contributed by atoms with van der Waals surface area (Å²) in [5.41, 5.74) is 2.57. The van der Waals surface area contributed by atoms with Gasteiger partial charge in [0.1, 0.15) is 17.3 Å². The molecule has 1 saturated heterocycles. The Hall–Kier alpha value is -2.44. The molecule has 0 aliphatic carbocycles. The first-order valence-corrected chi connectivity index (χ1v) is 9.98. The number of aromatic nitrogens is 1. The van der Waals surface area contributed by atoms with E-state index in [9.17, 15) is 4.79 Å². The summed E-state index contributed by atoms with van der Waals surface area (Å²) in [5, 5.41) is 12.3. The SMILES string of the molecule is N=C(c1ccc(-c2cc(CCC(=O)c3ccc(Cl)s3)on2)cc1)N1CCC1. The maximum atomic E-state index is 12.2. The van der Waals surface area contributed by atoms with Crippen molar-refractivity contribution in [3.8, 4) is 11.3 Å². The fourth-order valence-corrected chi connectivity index (χ4v) is 3.92. The van der Waals surface area contributed by atoms with E-state index in [1.54, 1.807) is 12.1 Å². The summed E-state index contributed by atoms with van der Waals surface area (Å²) >= 11 is 7.17. The minimum absolute atomic E-state index is 0.0544. The van der Waals surface area contributed by atoms with Crippen LogP contribution in [0.5, 0.6) is 0 Å². The van der Waals surface area contributed by atoms with Gasteiger partial charge in [-0.05, 0) is 18.6 Å². The zero-order chi connectivity index (χ0) is 18.8. The molecule has 138 valence electrons. The summed E-state index contributed by atoms with van der Waals surface area (Å²) in [4.78, 5) is 14.9. The molecular weight excluding hydrogens is 382 g/mol. The van der Waals surface area contributed by atoms with Crippen molar-refractivity contribution >= 4 is 34.6 Å². The van der Waals surface area contributed by atoms with Gasteiger partial charge in [0.25, 0.3) is 0 Å². The van der Waals surface area contributed by atoms with Crippen LogP contribution >= 0.6 is 22.9 Å². The van der Waals surface area contributed by atoms with Gasteiger partial charge in [0, 0.05) is 43.1 Å². The standard InChI is InChI=1S/C20H18ClN3O2S/c21-19-9-8-18(27-19)17(25)7-6-15-12-16(23-26-15)13-2-4-14(5-3-13)20(22)24-10-1-11-24/h2-5,8-9,12,22H,1,6-7,10-11H2. The molecule has 5 nitrogen and oxygen atoms in total. The Morgan fingerprint density at radius 3 is 2.63 bits per heavy atom. The zero-order valence-corrected chi connectivity index (χ0v) is 16.1. The van der Waals surface area contributed by atoms with E-state index in [1.807, 2.05) is 30.3 Å². The monoisotopic (exact) mass is 399 g/mol. The number of aryl methyl sites for hydroxylation is 1. The third kappa shape index (κ3) is 3.96. The van der Waals surface area contributed by atoms with Gasteiger partial charge in [-0.3, -0.25) is 10.2 Å². The highest BCUT2D eigenvalue weighted by Crippen LogP contribution is 2.24. The van der Waals surface area contributed by atoms with Gasteiger partial charge in [-0.1, -0.05) is 41.0 Å². The van der Waals surface area contributed by atoms with Crippen molar-refractivity contribution in [3.63, 3.8) is 0 Å². The summed E-state index contributed by atoms with van der Waals surface area (Å²) in [5.74, 6) is 1.30. The molecule has 1 aliphatic heterocycles. The maximum absolute atomic E-state index is 12.2. The second-order valence-electron chi connectivity index (χ2n) is 6.47. The molecule has 27 heavy (non-hydrogen) atoms. The van der Waals surface area contributed by atoms with E-state index in [0.29, 0.717) is 33.7 Å². The van der Waals surface area contributed by atoms with Crippen molar-refractivity contribution in [2.24, 2.45) is 0 Å². The van der Waals surface area contributed by atoms with Crippen molar-refractivity contribution in [1.29, 1.82) is 5.41 Å². The molecule has 0 amide bonds. The fraction of sp³-hybridized carbons (Fsp3) is 0.250. The molecule has 7 heteroatoms. The van der Waals surface area contributed by atoms with Crippen LogP contribution in [-0.4, -0.2) is 34.8 Å². The molecule has 0 saturated carbocycles. The van der Waals surface area contributed by atoms with Gasteiger partial charge in [0.15, 0.2) is 5.78 Å². The number of nitrogens with one attached hydrogen (secondary N) is 1. The van der Waals surface area contributed by atoms with Crippen LogP contribution in [0.1, 0.15) is 33.8 Å². The number of carbonyl (C=O) groups is 1. The van der Waals surface area contributed by atoms with Gasteiger partial charge in [-0.2, -0.15) is 0 Å². The van der Waals surface area contributed by atoms with Gasteiger partial charge in [-0.25, -0.2) is 0 Å². The molecule has 1 fully saturated rings. The number of benzene rings is 1. The second kappa shape index (κ2) is 7.66. The minimum atomic E-state index is 0.0544. The number of nitrogens with zero attached hydrogens (tertiary/aromatic N) is 2. The molecule has 0 bridgehead atoms. The third-order valence-electron chi connectivity index (χ3n) is 4.63. The number of ketones is 1. The lowest BCUT2D eigenvalue weighted by atomic mass is 10.1. The first kappa shape index (κ1) is 17.9. The summed E-state index contributed by atoms with van der Waals surface area (Å²) in [6, 6.07) is 13.1. The Balaban J connectivity index is 1.38. The molecule has 3 heterocycles. The fourth-order valence-electron chi connectivity index (χ4n) is 2.91. The molecule has 0 radical (unpaired) electrons. The van der Waals surface area contributed by atoms with Crippen LogP contribution < -0.4 is 0 Å². The van der Waals surface area contributed by atoms with Crippen LogP contribution in [-0.2, 0) is 6.42 Å². The molecular formula is C20H18ClN3O2S. The van der Waals surface area contributed by atoms with E-state index >= 15 is 0 Å². The lowest BCUT2D eigenvalue weighted by Crippen LogP contribution is -2.42. The lowest BCUT2D eigenvalue weighted by molar-refractivity contribution is 0.0984. The van der Waals surface area contributed by atoms with Crippen molar-refractivity contribution in [1.82, 2.24) is 10.1 Å². The van der Waals surface area contributed by atoms with E-state index in [0.717, 1.165) is 36.3 Å². The average molecular weight is 400 g/mol. The van der Waals surface area contributed by atoms with Gasteiger partial charge in [0.2, 0.25) is 0 Å². The predicted octanol–water partition coefficient (Wildman–Crippen LogP) is 4.90. The van der Waals surface area contributed by atoms with Gasteiger partial charge in [-0.15, -0.1) is 11.3 Å². The first-order chi connectivity index (χ1) is 13.1. The minimum Gasteiger partial charge on any atom is -0.361 e. The Morgan fingerprint density at radius 1 is 1.22 bits per heavy atom. The molecule has 1 aromatic carbocycles. The highest BCUT2D eigenvalue weighted by Gasteiger charge is 2.18. The molecule has 1 N–H and O–H groups in total. The van der Waals surface area contributed by atoms with Crippen molar-refractivity contribution < 1.29 is 9.32 Å². The van der Waals surface area contributed by atoms with E-state index in [1.165, 1.54) is 11.3 Å². The van der Waals surface area contributed by atoms with Crippen molar-refractivity contribution in [2.45, 2.75) is 19.3 Å². The van der Waals surface area contributed by atoms with Gasteiger partial charge >= 0.3 is 0 Å². The van der Waals surface area contributed by atoms with E-state index in [2.05, 4.69) is 10.1 Å². The number of hydrogen-bond acceptors (Lipinski definition) is 5. The van der Waals surface area contributed by atoms with Crippen LogP contribution in [0.25, 0.3) is 11.3 Å². The Labute approximate surface area is 166 Å². The highest BCUT2D eigenvalue weighted by molar-refractivity contribution is 7.18. The zero-order valence-electron chi connectivity index (χ0n) is 14.6. The number of hydrogen-bond donors (Lipinski definition) is 1. The predicted molar refractivity (Wildman–Crippen MR) is 107 cm³/mol. The quantitative estimate of drug-likeness (QED) is 0.363. The van der Waals surface area contributed by atoms with Gasteiger partial charge in [0.05, 0.1) is 9.21 Å². The molecule has 0 unspecified atom stereocenters. The van der Waals surface area contributed by atoms with E-state index in [-0.39, 0.29) is 5.78 Å². The summed E-state index contributed by atoms with van der Waals surface area (Å²) in [6.45, 7) is 1.92. The Kier molecular flexibility index (Phi) is 5.09. The smallest absolute Gasteiger partial charge is 0.173 e. The highest BCUT2D eigenvalue weighted by atomic mass is 35.5. The topological polar surface area (TPSA) is 70.2 Å². The number of carbonyl (C=O) groups excluding carboxylic acids is 1. The number of likely N-dealkylation sites (tertiary alicyclic amines) is 1. The Morgan fingerprint density at radius 2 is 2.00 bits per heavy atom. The molecule has 2 aromatic heterocycles. The molecule has 1 aliphatic rings. The van der Waals surface area contributed by atoms with E-state index < -0.39 is 0 Å². The van der Waals surface area contributed by atoms with Crippen LogP contribution in [0.3, 0.4) is 0 Å². The summed E-state index contributed by atoms with van der Waals surface area (Å²) in [7, 11) is 0. The van der Waals surface area contributed by atoms with Crippen molar-refractivity contribution in [2.75, 3.05) is 13.1 Å². The lowest BCUT2D eigenvalue weighted by Gasteiger charge is -2.33.